The number of nitrogens with zero attached hydrogens (tertiary/aromatic N) is 5. The van der Waals surface area contributed by atoms with Crippen molar-refractivity contribution in [2.45, 2.75) is 20.8 Å². The van der Waals surface area contributed by atoms with E-state index in [2.05, 4.69) is 182 Å². The molecule has 0 spiro atoms. The maximum Gasteiger partial charge on any atom is 2.00 e. The fourth-order valence-electron chi connectivity index (χ4n) is 8.62. The Labute approximate surface area is 408 Å². The second-order valence-corrected chi connectivity index (χ2v) is 17.8. The summed E-state index contributed by atoms with van der Waals surface area (Å²) < 4.78 is 4.07. The molecule has 67 heavy (non-hydrogen) atoms. The molecule has 0 amide bonds. The Kier molecular flexibility index (Phi) is 12.9. The number of fused-ring (bicyclic) bond motifs is 8. The average molecular weight is 925 g/mol. The van der Waals surface area contributed by atoms with Crippen molar-refractivity contribution in [2.75, 3.05) is 0 Å². The number of thiophene rings is 1. The molecule has 8 aromatic rings. The van der Waals surface area contributed by atoms with Crippen molar-refractivity contribution in [3.63, 3.8) is 0 Å². The molecule has 12 rings (SSSR count). The van der Waals surface area contributed by atoms with Crippen LogP contribution in [0.15, 0.2) is 128 Å². The van der Waals surface area contributed by atoms with Crippen molar-refractivity contribution in [1.82, 2.24) is 29.9 Å². The van der Waals surface area contributed by atoms with Crippen molar-refractivity contribution < 1.29 is 17.1 Å². The molecule has 1 N–H and O–H groups in total. The van der Waals surface area contributed by atoms with Crippen LogP contribution >= 0.6 is 11.3 Å². The molecule has 2 saturated carbocycles. The van der Waals surface area contributed by atoms with Gasteiger partial charge in [0, 0.05) is 48.6 Å². The van der Waals surface area contributed by atoms with Crippen molar-refractivity contribution in [1.29, 1.82) is 0 Å². The van der Waals surface area contributed by atoms with Gasteiger partial charge in [0.1, 0.15) is 0 Å². The van der Waals surface area contributed by atoms with Gasteiger partial charge in [-0.2, -0.15) is 0 Å². The number of aromatic nitrogens is 6. The molecule has 0 atom stereocenters. The summed E-state index contributed by atoms with van der Waals surface area (Å²) in [6.07, 6.45) is 28.8. The molecule has 0 unspecified atom stereocenters. The molecule has 10 radical (unpaired) electrons. The third kappa shape index (κ3) is 9.19. The number of aryl methyl sites for hydroxylation is 3. The Bertz CT molecular complexity index is 3240. The maximum atomic E-state index is 5.50. The Hall–Kier alpha value is -6.44. The molecule has 6 nitrogen and oxygen atoms in total. The Balaban J connectivity index is 0.000000823. The van der Waals surface area contributed by atoms with Gasteiger partial charge in [0.2, 0.25) is 0 Å². The first kappa shape index (κ1) is 44.4. The van der Waals surface area contributed by atoms with Crippen LogP contribution < -0.4 is 0 Å². The molecule has 0 saturated heterocycles. The van der Waals surface area contributed by atoms with Crippen molar-refractivity contribution in [3.05, 3.63) is 236 Å². The fourth-order valence-corrected chi connectivity index (χ4v) is 9.78. The average Bonchev–Trinajstić information content (AvgIpc) is 4.19. The van der Waals surface area contributed by atoms with Gasteiger partial charge in [0.25, 0.3) is 0 Å². The first-order valence-corrected chi connectivity index (χ1v) is 22.9. The molecule has 8 bridgehead atoms. The predicted octanol–water partition coefficient (Wildman–Crippen LogP) is 14.3. The molecule has 2 aliphatic heterocycles. The quantitative estimate of drug-likeness (QED) is 0.169. The van der Waals surface area contributed by atoms with E-state index in [1.165, 1.54) is 16.7 Å². The minimum absolute atomic E-state index is 0. The number of nitrogens with one attached hydrogen (secondary N) is 1. The predicted molar refractivity (Wildman–Crippen MR) is 274 cm³/mol. The van der Waals surface area contributed by atoms with Crippen LogP contribution in [0.5, 0.6) is 0 Å². The summed E-state index contributed by atoms with van der Waals surface area (Å²) in [5.41, 5.74) is 19.6. The molecule has 2 fully saturated rings. The summed E-state index contributed by atoms with van der Waals surface area (Å²) in [6, 6.07) is 43.6. The second kappa shape index (κ2) is 19.4. The van der Waals surface area contributed by atoms with Crippen LogP contribution in [0, 0.1) is 84.5 Å². The zero-order valence-corrected chi connectivity index (χ0v) is 39.0. The SMILES string of the molecule is Cc1ccc(-c2c3nc(c(-c4ccc(C)cc4)c4ccc(s4)c(-c4ccc(-n5cc([C]6[CH][CH][CH][CH]6)nn5)cc4)c4nc(c(-c5ccc(C)cc5)c5ccc2[nH]5)C=C4)C=C3)cc1.[CH]1[CH][CH][CH][CH]1.[Fe+2]. The van der Waals surface area contributed by atoms with Gasteiger partial charge in [-0.1, -0.05) is 107 Å². The van der Waals surface area contributed by atoms with E-state index in [1.807, 2.05) is 68.7 Å². The van der Waals surface area contributed by atoms with Gasteiger partial charge in [-0.25, -0.2) is 14.6 Å². The van der Waals surface area contributed by atoms with Crippen molar-refractivity contribution in [2.24, 2.45) is 0 Å². The normalized spacial score (nSPS) is 14.3. The first-order valence-electron chi connectivity index (χ1n) is 22.1. The van der Waals surface area contributed by atoms with Gasteiger partial charge in [-0.15, -0.1) is 16.4 Å². The number of hydrogen-bond donors (Lipinski definition) is 1. The number of rotatable bonds is 6. The molecule has 4 aliphatic rings. The summed E-state index contributed by atoms with van der Waals surface area (Å²) >= 11 is 1.77. The topological polar surface area (TPSA) is 72.3 Å². The standard InChI is InChI=1S/C54H39N6S.C5H5.Fe/c1-33-8-14-37(15-9-33)51-42-24-25-43(55-42)52(38-16-10-34(2)11-17-38)45-27-29-47(57-45)54(40-20-22-41(23-21-40)60-32-48(58-59-60)36-6-4-5-7-36)50-31-30-49(61-50)53(46-28-26-44(51)56-46)39-18-12-35(3)13-19-39;1-2-4-5-3-1;/h4-32,55H,1-3H3;1-5H;/q;;+2. The fraction of sp³-hybridized carbons (Fsp3) is 0.0508. The van der Waals surface area contributed by atoms with Gasteiger partial charge in [-0.3, -0.25) is 0 Å². The van der Waals surface area contributed by atoms with E-state index in [-0.39, 0.29) is 17.1 Å². The third-order valence-electron chi connectivity index (χ3n) is 12.1. The molecule has 2 aliphatic carbocycles. The summed E-state index contributed by atoms with van der Waals surface area (Å²) in [5.74, 6) is 1.05. The second-order valence-electron chi connectivity index (χ2n) is 16.7. The largest absolute Gasteiger partial charge is 2.00 e. The summed E-state index contributed by atoms with van der Waals surface area (Å²) in [6.45, 7) is 6.38. The van der Waals surface area contributed by atoms with E-state index in [0.29, 0.717) is 0 Å². The summed E-state index contributed by atoms with van der Waals surface area (Å²) in [4.78, 5) is 14.8. The summed E-state index contributed by atoms with van der Waals surface area (Å²) in [5, 5.41) is 8.91. The maximum absolute atomic E-state index is 5.50. The van der Waals surface area contributed by atoms with Crippen LogP contribution in [-0.4, -0.2) is 29.9 Å². The van der Waals surface area contributed by atoms with E-state index >= 15 is 0 Å². The van der Waals surface area contributed by atoms with E-state index < -0.39 is 0 Å². The monoisotopic (exact) mass is 924 g/mol. The van der Waals surface area contributed by atoms with Crippen LogP contribution in [0.25, 0.3) is 94.9 Å². The van der Waals surface area contributed by atoms with Gasteiger partial charge in [-0.05, 0) is 162 Å². The molecular weight excluding hydrogens is 881 g/mol. The molecule has 4 aromatic carbocycles. The molecule has 322 valence electrons. The zero-order chi connectivity index (χ0) is 44.6. The van der Waals surface area contributed by atoms with Gasteiger partial charge >= 0.3 is 17.1 Å². The van der Waals surface area contributed by atoms with Crippen LogP contribution in [0.3, 0.4) is 0 Å². The van der Waals surface area contributed by atoms with Crippen LogP contribution in [-0.2, 0) is 17.1 Å². The number of aromatic amines is 1. The molecule has 4 aromatic heterocycles. The van der Waals surface area contributed by atoms with Crippen LogP contribution in [0.4, 0.5) is 0 Å². The van der Waals surface area contributed by atoms with E-state index in [4.69, 9.17) is 9.97 Å². The van der Waals surface area contributed by atoms with Gasteiger partial charge in [0.05, 0.1) is 40.4 Å². The Morgan fingerprint density at radius 2 is 0.821 bits per heavy atom. The molecular formula is C59H44FeN6S+2. The smallest absolute Gasteiger partial charge is 0.354 e. The Morgan fingerprint density at radius 1 is 0.433 bits per heavy atom. The van der Waals surface area contributed by atoms with Gasteiger partial charge < -0.3 is 4.98 Å². The third-order valence-corrected chi connectivity index (χ3v) is 13.2. The van der Waals surface area contributed by atoms with Gasteiger partial charge in [0.15, 0.2) is 0 Å². The van der Waals surface area contributed by atoms with Crippen LogP contribution in [0.2, 0.25) is 0 Å². The number of hydrogen-bond acceptors (Lipinski definition) is 5. The zero-order valence-electron chi connectivity index (χ0n) is 37.1. The van der Waals surface area contributed by atoms with E-state index in [9.17, 15) is 0 Å². The van der Waals surface area contributed by atoms with Crippen molar-refractivity contribution >= 4 is 56.1 Å². The molecule has 8 heteroatoms. The van der Waals surface area contributed by atoms with E-state index in [0.717, 1.165) is 105 Å². The molecule has 6 heterocycles. The van der Waals surface area contributed by atoms with Crippen molar-refractivity contribution in [3.8, 4) is 50.2 Å². The minimum Gasteiger partial charge on any atom is -0.354 e. The summed E-state index contributed by atoms with van der Waals surface area (Å²) in [7, 11) is 0. The minimum atomic E-state index is 0. The van der Waals surface area contributed by atoms with Crippen LogP contribution in [0.1, 0.15) is 45.2 Å². The van der Waals surface area contributed by atoms with E-state index in [1.54, 1.807) is 11.3 Å². The first-order chi connectivity index (χ1) is 32.4. The Morgan fingerprint density at radius 3 is 1.25 bits per heavy atom. The number of benzene rings is 4. The number of H-pyrrole nitrogens is 1.